The zero-order valence-electron chi connectivity index (χ0n) is 15.1. The molecule has 1 saturated heterocycles. The molecule has 2 heterocycles. The van der Waals surface area contributed by atoms with Gasteiger partial charge in [0.25, 0.3) is 0 Å². The summed E-state index contributed by atoms with van der Waals surface area (Å²) in [5.41, 5.74) is 2.27. The van der Waals surface area contributed by atoms with Crippen LogP contribution in [0.15, 0.2) is 72.8 Å². The van der Waals surface area contributed by atoms with E-state index >= 15 is 0 Å². The van der Waals surface area contributed by atoms with Crippen molar-refractivity contribution in [1.29, 1.82) is 0 Å². The summed E-state index contributed by atoms with van der Waals surface area (Å²) in [6.45, 7) is 2.53. The molecule has 0 radical (unpaired) electrons. The van der Waals surface area contributed by atoms with E-state index in [0.717, 1.165) is 18.4 Å². The lowest BCUT2D eigenvalue weighted by Crippen LogP contribution is -2.57. The zero-order chi connectivity index (χ0) is 17.9. The highest BCUT2D eigenvalue weighted by Crippen LogP contribution is 2.40. The van der Waals surface area contributed by atoms with Gasteiger partial charge in [0.05, 0.1) is 0 Å². The van der Waals surface area contributed by atoms with Gasteiger partial charge >= 0.3 is 5.97 Å². The molecule has 4 atom stereocenters. The summed E-state index contributed by atoms with van der Waals surface area (Å²) in [7, 11) is 0. The van der Waals surface area contributed by atoms with Gasteiger partial charge in [0.15, 0.2) is 0 Å². The van der Waals surface area contributed by atoms with Gasteiger partial charge in [-0.2, -0.15) is 0 Å². The maximum absolute atomic E-state index is 13.0. The van der Waals surface area contributed by atoms with Crippen LogP contribution in [0.4, 0.5) is 0 Å². The first kappa shape index (κ1) is 17.0. The van der Waals surface area contributed by atoms with Crippen LogP contribution in [0.25, 0.3) is 0 Å². The average molecular weight is 347 g/mol. The van der Waals surface area contributed by atoms with E-state index in [2.05, 4.69) is 48.2 Å². The highest BCUT2D eigenvalue weighted by molar-refractivity contribution is 5.77. The molecular weight excluding hydrogens is 322 g/mol. The van der Waals surface area contributed by atoms with E-state index in [9.17, 15) is 4.79 Å². The number of carbonyl (C=O) groups is 1. The summed E-state index contributed by atoms with van der Waals surface area (Å²) in [5.74, 6) is 0.144. The predicted octanol–water partition coefficient (Wildman–Crippen LogP) is 4.51. The molecule has 4 unspecified atom stereocenters. The van der Waals surface area contributed by atoms with Crippen LogP contribution < -0.4 is 0 Å². The van der Waals surface area contributed by atoms with Crippen molar-refractivity contribution >= 4 is 5.97 Å². The number of hydrogen-bond acceptors (Lipinski definition) is 3. The molecule has 0 saturated carbocycles. The third kappa shape index (κ3) is 3.32. The largest absolute Gasteiger partial charge is 0.460 e. The number of esters is 1. The summed E-state index contributed by atoms with van der Waals surface area (Å²) in [5, 5.41) is 0. The van der Waals surface area contributed by atoms with Gasteiger partial charge in [-0.3, -0.25) is 9.69 Å². The van der Waals surface area contributed by atoms with Gasteiger partial charge < -0.3 is 4.74 Å². The molecule has 2 aliphatic heterocycles. The predicted molar refractivity (Wildman–Crippen MR) is 102 cm³/mol. The maximum atomic E-state index is 13.0. The fraction of sp³-hybridized carbons (Fsp3) is 0.348. The Labute approximate surface area is 155 Å². The van der Waals surface area contributed by atoms with Crippen molar-refractivity contribution in [1.82, 2.24) is 4.90 Å². The van der Waals surface area contributed by atoms with Crippen LogP contribution in [0.2, 0.25) is 0 Å². The Morgan fingerprint density at radius 2 is 1.73 bits per heavy atom. The van der Waals surface area contributed by atoms with E-state index in [4.69, 9.17) is 4.74 Å². The highest BCUT2D eigenvalue weighted by Gasteiger charge is 2.45. The van der Waals surface area contributed by atoms with Crippen molar-refractivity contribution in [2.75, 3.05) is 0 Å². The topological polar surface area (TPSA) is 29.5 Å². The summed E-state index contributed by atoms with van der Waals surface area (Å²) < 4.78 is 5.72. The molecule has 26 heavy (non-hydrogen) atoms. The lowest BCUT2D eigenvalue weighted by atomic mass is 9.78. The minimum Gasteiger partial charge on any atom is -0.460 e. The third-order valence-corrected chi connectivity index (χ3v) is 5.68. The lowest BCUT2D eigenvalue weighted by molar-refractivity contribution is -0.158. The molecule has 1 aliphatic carbocycles. The first-order valence-electron chi connectivity index (χ1n) is 9.45. The molecule has 2 bridgehead atoms. The second-order valence-electron chi connectivity index (χ2n) is 7.27. The Morgan fingerprint density at radius 3 is 2.38 bits per heavy atom. The lowest BCUT2D eigenvalue weighted by Gasteiger charge is -2.49. The molecule has 3 heteroatoms. The number of carbonyl (C=O) groups excluding carboxylic acids is 1. The van der Waals surface area contributed by atoms with Crippen molar-refractivity contribution in [3.8, 4) is 0 Å². The van der Waals surface area contributed by atoms with Crippen molar-refractivity contribution in [2.24, 2.45) is 5.92 Å². The first-order chi connectivity index (χ1) is 12.7. The molecule has 0 N–H and O–H groups in total. The molecule has 5 rings (SSSR count). The number of piperidine rings is 1. The van der Waals surface area contributed by atoms with Crippen LogP contribution in [0, 0.1) is 5.92 Å². The van der Waals surface area contributed by atoms with E-state index in [-0.39, 0.29) is 24.0 Å². The van der Waals surface area contributed by atoms with E-state index in [1.54, 1.807) is 0 Å². The van der Waals surface area contributed by atoms with Gasteiger partial charge in [-0.05, 0) is 30.9 Å². The second kappa shape index (κ2) is 7.46. The summed E-state index contributed by atoms with van der Waals surface area (Å²) in [4.78, 5) is 15.4. The van der Waals surface area contributed by atoms with E-state index < -0.39 is 0 Å². The SMILES string of the molecule is CC(c1ccccc1)N1C2C=CC(CC2)C1C(=O)OCc1ccccc1. The first-order valence-corrected chi connectivity index (χ1v) is 9.45. The zero-order valence-corrected chi connectivity index (χ0v) is 15.1. The number of rotatable bonds is 5. The minimum absolute atomic E-state index is 0.101. The Morgan fingerprint density at radius 1 is 1.04 bits per heavy atom. The van der Waals surface area contributed by atoms with Crippen molar-refractivity contribution in [3.05, 3.63) is 83.9 Å². The monoisotopic (exact) mass is 347 g/mol. The normalized spacial score (nSPS) is 25.8. The van der Waals surface area contributed by atoms with Crippen LogP contribution in [-0.2, 0) is 16.1 Å². The number of ether oxygens (including phenoxy) is 1. The fourth-order valence-corrected chi connectivity index (χ4v) is 4.31. The molecule has 0 amide bonds. The van der Waals surface area contributed by atoms with Crippen LogP contribution in [-0.4, -0.2) is 23.0 Å². The molecule has 3 aliphatic rings. The Kier molecular flexibility index (Phi) is 4.89. The molecule has 1 fully saturated rings. The van der Waals surface area contributed by atoms with E-state index in [1.165, 1.54) is 5.56 Å². The molecular formula is C23H25NO2. The molecule has 0 aromatic heterocycles. The van der Waals surface area contributed by atoms with Crippen LogP contribution in [0.1, 0.15) is 36.9 Å². The van der Waals surface area contributed by atoms with Crippen molar-refractivity contribution in [2.45, 2.75) is 44.5 Å². The molecule has 0 spiro atoms. The average Bonchev–Trinajstić information content (AvgIpc) is 2.73. The third-order valence-electron chi connectivity index (χ3n) is 5.68. The summed E-state index contributed by atoms with van der Waals surface area (Å²) in [6.07, 6.45) is 6.66. The number of fused-ring (bicyclic) bond motifs is 2. The van der Waals surface area contributed by atoms with Gasteiger partial charge in [0.2, 0.25) is 0 Å². The fourth-order valence-electron chi connectivity index (χ4n) is 4.31. The van der Waals surface area contributed by atoms with Crippen molar-refractivity contribution in [3.63, 3.8) is 0 Å². The Hall–Kier alpha value is -2.39. The van der Waals surface area contributed by atoms with Gasteiger partial charge in [0.1, 0.15) is 12.6 Å². The highest BCUT2D eigenvalue weighted by atomic mass is 16.5. The minimum atomic E-state index is -0.197. The molecule has 134 valence electrons. The number of nitrogens with zero attached hydrogens (tertiary/aromatic N) is 1. The number of benzene rings is 2. The number of hydrogen-bond donors (Lipinski definition) is 0. The smallest absolute Gasteiger partial charge is 0.324 e. The molecule has 2 aromatic carbocycles. The maximum Gasteiger partial charge on any atom is 0.324 e. The van der Waals surface area contributed by atoms with E-state index in [1.807, 2.05) is 36.4 Å². The van der Waals surface area contributed by atoms with Crippen molar-refractivity contribution < 1.29 is 9.53 Å². The molecule has 3 nitrogen and oxygen atoms in total. The molecule has 2 aromatic rings. The van der Waals surface area contributed by atoms with Crippen LogP contribution in [0.3, 0.4) is 0 Å². The summed E-state index contributed by atoms with van der Waals surface area (Å²) >= 11 is 0. The van der Waals surface area contributed by atoms with Gasteiger partial charge in [0, 0.05) is 18.0 Å². The van der Waals surface area contributed by atoms with Crippen LogP contribution in [0.5, 0.6) is 0 Å². The van der Waals surface area contributed by atoms with Crippen LogP contribution >= 0.6 is 0 Å². The van der Waals surface area contributed by atoms with Gasteiger partial charge in [-0.1, -0.05) is 72.8 Å². The van der Waals surface area contributed by atoms with Gasteiger partial charge in [-0.25, -0.2) is 0 Å². The van der Waals surface area contributed by atoms with E-state index in [0.29, 0.717) is 12.6 Å². The standard InChI is InChI=1S/C23H25NO2/c1-17(19-10-6-3-7-11-19)24-21-14-12-20(13-15-21)22(24)23(25)26-16-18-8-4-2-5-9-18/h2-12,14,17,20-22H,13,15-16H2,1H3. The Balaban J connectivity index is 1.54. The quantitative estimate of drug-likeness (QED) is 0.589. The summed E-state index contributed by atoms with van der Waals surface area (Å²) in [6, 6.07) is 20.6. The van der Waals surface area contributed by atoms with Gasteiger partial charge in [-0.15, -0.1) is 0 Å². The Bertz CT molecular complexity index is 771. The second-order valence-corrected chi connectivity index (χ2v) is 7.27.